The number of sulfone groups is 1. The van der Waals surface area contributed by atoms with Crippen LogP contribution in [-0.4, -0.2) is 43.9 Å². The van der Waals surface area contributed by atoms with Crippen LogP contribution in [-0.2, 0) is 9.84 Å². The third-order valence-electron chi connectivity index (χ3n) is 3.24. The van der Waals surface area contributed by atoms with Crippen LogP contribution in [0.5, 0.6) is 0 Å². The zero-order valence-electron chi connectivity index (χ0n) is 11.3. The highest BCUT2D eigenvalue weighted by atomic mass is 79.9. The van der Waals surface area contributed by atoms with Crippen molar-refractivity contribution in [1.29, 1.82) is 0 Å². The van der Waals surface area contributed by atoms with Gasteiger partial charge in [-0.15, -0.1) is 0 Å². The molecule has 4 nitrogen and oxygen atoms in total. The molecule has 1 unspecified atom stereocenters. The fourth-order valence-electron chi connectivity index (χ4n) is 2.20. The molecule has 1 fully saturated rings. The minimum absolute atomic E-state index is 0.0164. The summed E-state index contributed by atoms with van der Waals surface area (Å²) in [7, 11) is -3.14. The van der Waals surface area contributed by atoms with E-state index in [9.17, 15) is 13.2 Å². The van der Waals surface area contributed by atoms with E-state index < -0.39 is 15.2 Å². The van der Waals surface area contributed by atoms with E-state index in [1.807, 2.05) is 17.0 Å². The predicted molar refractivity (Wildman–Crippen MR) is 87.4 cm³/mol. The van der Waals surface area contributed by atoms with E-state index in [2.05, 4.69) is 15.9 Å². The van der Waals surface area contributed by atoms with Gasteiger partial charge in [-0.3, -0.25) is 4.79 Å². The van der Waals surface area contributed by atoms with E-state index in [1.165, 1.54) is 13.2 Å². The largest absolute Gasteiger partial charge is 0.353 e. The summed E-state index contributed by atoms with van der Waals surface area (Å²) >= 11 is 5.04. The van der Waals surface area contributed by atoms with Gasteiger partial charge in [0.05, 0.1) is 0 Å². The molecule has 7 heteroatoms. The normalized spacial score (nSPS) is 19.9. The molecule has 1 aliphatic rings. The molecule has 0 bridgehead atoms. The summed E-state index contributed by atoms with van der Waals surface area (Å²) in [6, 6.07) is 5.38. The molecule has 0 spiro atoms. The van der Waals surface area contributed by atoms with Crippen molar-refractivity contribution in [2.75, 3.05) is 29.2 Å². The van der Waals surface area contributed by atoms with Crippen molar-refractivity contribution in [3.8, 4) is 0 Å². The molecule has 0 aliphatic carbocycles. The third kappa shape index (κ3) is 3.38. The lowest BCUT2D eigenvalue weighted by atomic mass is 10.1. The van der Waals surface area contributed by atoms with Crippen LogP contribution < -0.4 is 4.90 Å². The first-order chi connectivity index (χ1) is 9.30. The summed E-state index contributed by atoms with van der Waals surface area (Å²) in [4.78, 5) is 13.3. The quantitative estimate of drug-likeness (QED) is 0.757. The first-order valence-electron chi connectivity index (χ1n) is 6.14. The van der Waals surface area contributed by atoms with Crippen molar-refractivity contribution in [2.24, 2.45) is 0 Å². The number of thioether (sulfide) groups is 1. The Labute approximate surface area is 132 Å². The number of nitrogens with zero attached hydrogens (tertiary/aromatic N) is 1. The fraction of sp³-hybridized carbons (Fsp3) is 0.462. The molecule has 0 radical (unpaired) electrons. The molecular formula is C13H16BrNO3S2. The van der Waals surface area contributed by atoms with Crippen molar-refractivity contribution < 1.29 is 13.2 Å². The van der Waals surface area contributed by atoms with Crippen LogP contribution in [0, 0.1) is 0 Å². The minimum Gasteiger partial charge on any atom is -0.353 e. The molecule has 0 amide bonds. The second-order valence-electron chi connectivity index (χ2n) is 4.77. The molecule has 0 saturated carbocycles. The fourth-order valence-corrected chi connectivity index (χ4v) is 5.69. The highest BCUT2D eigenvalue weighted by molar-refractivity contribution is 9.10. The van der Waals surface area contributed by atoms with Gasteiger partial charge in [0, 0.05) is 40.0 Å². The zero-order valence-corrected chi connectivity index (χ0v) is 14.5. The highest BCUT2D eigenvalue weighted by Gasteiger charge is 2.31. The molecular weight excluding hydrogens is 362 g/mol. The first-order valence-corrected chi connectivity index (χ1v) is 10.0. The molecule has 1 aromatic carbocycles. The topological polar surface area (TPSA) is 54.5 Å². The molecule has 2 rings (SSSR count). The smallest absolute Gasteiger partial charge is 0.169 e. The Morgan fingerprint density at radius 2 is 2.15 bits per heavy atom. The van der Waals surface area contributed by atoms with Crippen LogP contribution >= 0.6 is 27.7 Å². The summed E-state index contributed by atoms with van der Waals surface area (Å²) in [5.41, 5.74) is 1.44. The summed E-state index contributed by atoms with van der Waals surface area (Å²) in [6.45, 7) is 2.20. The van der Waals surface area contributed by atoms with E-state index >= 15 is 0 Å². The molecule has 110 valence electrons. The molecule has 0 aromatic heterocycles. The van der Waals surface area contributed by atoms with Crippen LogP contribution in [0.15, 0.2) is 22.7 Å². The van der Waals surface area contributed by atoms with Crippen molar-refractivity contribution >= 4 is 49.0 Å². The third-order valence-corrected chi connectivity index (χ3v) is 6.54. The van der Waals surface area contributed by atoms with Crippen LogP contribution in [0.25, 0.3) is 0 Å². The number of hydrogen-bond donors (Lipinski definition) is 0. The maximum atomic E-state index is 11.9. The van der Waals surface area contributed by atoms with Gasteiger partial charge in [-0.2, -0.15) is 11.8 Å². The van der Waals surface area contributed by atoms with Crippen LogP contribution in [0.3, 0.4) is 0 Å². The lowest BCUT2D eigenvalue weighted by molar-refractivity contribution is 0.101. The summed E-state index contributed by atoms with van der Waals surface area (Å²) in [6.07, 6.45) is 1.27. The molecule has 20 heavy (non-hydrogen) atoms. The molecule has 1 saturated heterocycles. The lowest BCUT2D eigenvalue weighted by Gasteiger charge is -2.36. The van der Waals surface area contributed by atoms with E-state index in [1.54, 1.807) is 17.8 Å². The van der Waals surface area contributed by atoms with Gasteiger partial charge in [0.1, 0.15) is 5.37 Å². The number of ketones is 1. The van der Waals surface area contributed by atoms with Gasteiger partial charge in [-0.1, -0.05) is 0 Å². The van der Waals surface area contributed by atoms with Crippen LogP contribution in [0.2, 0.25) is 0 Å². The van der Waals surface area contributed by atoms with Crippen molar-refractivity contribution in [3.05, 3.63) is 28.2 Å². The Balaban J connectivity index is 2.38. The summed E-state index contributed by atoms with van der Waals surface area (Å²) < 4.78 is 24.5. The highest BCUT2D eigenvalue weighted by Crippen LogP contribution is 2.30. The average Bonchev–Trinajstić information content (AvgIpc) is 2.37. The molecule has 0 N–H and O–H groups in total. The van der Waals surface area contributed by atoms with E-state index in [0.29, 0.717) is 22.3 Å². The number of rotatable bonds is 3. The maximum absolute atomic E-state index is 11.9. The van der Waals surface area contributed by atoms with Crippen molar-refractivity contribution in [3.63, 3.8) is 0 Å². The number of carbonyl (C=O) groups excluding carboxylic acids is 1. The molecule has 1 aromatic rings. The lowest BCUT2D eigenvalue weighted by Crippen LogP contribution is -2.47. The van der Waals surface area contributed by atoms with E-state index in [0.717, 1.165) is 11.4 Å². The molecule has 1 aliphatic heterocycles. The van der Waals surface area contributed by atoms with Gasteiger partial charge in [-0.25, -0.2) is 8.42 Å². The zero-order chi connectivity index (χ0) is 14.9. The van der Waals surface area contributed by atoms with Crippen LogP contribution in [0.4, 0.5) is 5.69 Å². The van der Waals surface area contributed by atoms with Gasteiger partial charge < -0.3 is 4.90 Å². The Kier molecular flexibility index (Phi) is 4.81. The minimum atomic E-state index is -3.14. The maximum Gasteiger partial charge on any atom is 0.169 e. The van der Waals surface area contributed by atoms with Gasteiger partial charge >= 0.3 is 0 Å². The number of carbonyl (C=O) groups is 1. The van der Waals surface area contributed by atoms with Crippen LogP contribution in [0.1, 0.15) is 17.3 Å². The standard InChI is InChI=1S/C13H16BrNO3S2/c1-9(16)11-4-3-10(7-12(11)14)15-5-6-19-8-13(15)20(2,17)18/h3-4,7,13H,5-6,8H2,1-2H3. The van der Waals surface area contributed by atoms with Gasteiger partial charge in [-0.05, 0) is 41.1 Å². The number of benzene rings is 1. The molecule has 1 atom stereocenters. The summed E-state index contributed by atoms with van der Waals surface area (Å²) in [5, 5.41) is -0.503. The molecule has 1 heterocycles. The number of Topliss-reactive ketones (excluding diaryl/α,β-unsaturated/α-hetero) is 1. The number of halogens is 1. The second kappa shape index (κ2) is 6.07. The monoisotopic (exact) mass is 377 g/mol. The van der Waals surface area contributed by atoms with Gasteiger partial charge in [0.15, 0.2) is 15.6 Å². The number of hydrogen-bond acceptors (Lipinski definition) is 5. The Morgan fingerprint density at radius 1 is 1.45 bits per heavy atom. The SMILES string of the molecule is CC(=O)c1ccc(N2CCSCC2S(C)(=O)=O)cc1Br. The van der Waals surface area contributed by atoms with E-state index in [-0.39, 0.29) is 5.78 Å². The number of anilines is 1. The Bertz CT molecular complexity index is 631. The van der Waals surface area contributed by atoms with Gasteiger partial charge in [0.2, 0.25) is 0 Å². The second-order valence-corrected chi connectivity index (χ2v) is 8.98. The summed E-state index contributed by atoms with van der Waals surface area (Å²) in [5.74, 6) is 1.46. The Morgan fingerprint density at radius 3 is 2.70 bits per heavy atom. The van der Waals surface area contributed by atoms with Crippen molar-refractivity contribution in [2.45, 2.75) is 12.3 Å². The van der Waals surface area contributed by atoms with Crippen molar-refractivity contribution in [1.82, 2.24) is 0 Å². The Hall–Kier alpha value is -0.530. The predicted octanol–water partition coefficient (Wildman–Crippen LogP) is 2.58. The van der Waals surface area contributed by atoms with Gasteiger partial charge in [0.25, 0.3) is 0 Å². The van der Waals surface area contributed by atoms with E-state index in [4.69, 9.17) is 0 Å². The first kappa shape index (κ1) is 15.9. The average molecular weight is 378 g/mol.